The number of esters is 1. The Hall–Kier alpha value is -3.43. The first-order valence-electron chi connectivity index (χ1n) is 8.26. The molecule has 1 N–H and O–H groups in total. The highest BCUT2D eigenvalue weighted by atomic mass is 79.9. The lowest BCUT2D eigenvalue weighted by Crippen LogP contribution is -2.11. The molecular weight excluding hydrogens is 446 g/mol. The van der Waals surface area contributed by atoms with Crippen LogP contribution in [0.3, 0.4) is 0 Å². The average molecular weight is 462 g/mol. The molecule has 0 bridgehead atoms. The Balaban J connectivity index is 0.000000941. The van der Waals surface area contributed by atoms with E-state index < -0.39 is 0 Å². The Morgan fingerprint density at radius 3 is 2.69 bits per heavy atom. The lowest BCUT2D eigenvalue weighted by Gasteiger charge is -2.01. The van der Waals surface area contributed by atoms with E-state index in [1.54, 1.807) is 18.3 Å². The first-order valence-corrected chi connectivity index (χ1v) is 9.05. The van der Waals surface area contributed by atoms with E-state index in [0.29, 0.717) is 29.2 Å². The van der Waals surface area contributed by atoms with Gasteiger partial charge in [0, 0.05) is 28.7 Å². The number of nitrogens with zero attached hydrogens (tertiary/aromatic N) is 4. The van der Waals surface area contributed by atoms with Crippen molar-refractivity contribution in [1.29, 1.82) is 0 Å². The molecule has 10 nitrogen and oxygen atoms in total. The van der Waals surface area contributed by atoms with E-state index in [2.05, 4.69) is 36.3 Å². The quantitative estimate of drug-likeness (QED) is 0.434. The SMILES string of the molecule is CC(=O)OCCn1nnc(-c2[nH]cc(C(=O)c3cccc(Br)c3)c2C)n1.O=C=O. The zero-order chi connectivity index (χ0) is 21.4. The van der Waals surface area contributed by atoms with Crippen molar-refractivity contribution in [3.05, 3.63) is 51.6 Å². The minimum absolute atomic E-state index is 0.0893. The van der Waals surface area contributed by atoms with E-state index in [4.69, 9.17) is 14.3 Å². The number of halogens is 1. The minimum atomic E-state index is -0.360. The second-order valence-corrected chi connectivity index (χ2v) is 6.59. The van der Waals surface area contributed by atoms with E-state index in [1.807, 2.05) is 19.1 Å². The zero-order valence-corrected chi connectivity index (χ0v) is 17.1. The van der Waals surface area contributed by atoms with Crippen LogP contribution in [0.4, 0.5) is 0 Å². The van der Waals surface area contributed by atoms with Crippen LogP contribution in [-0.4, -0.2) is 49.7 Å². The van der Waals surface area contributed by atoms with Gasteiger partial charge < -0.3 is 9.72 Å². The highest BCUT2D eigenvalue weighted by Crippen LogP contribution is 2.24. The predicted molar refractivity (Wildman–Crippen MR) is 102 cm³/mol. The van der Waals surface area contributed by atoms with Gasteiger partial charge in [-0.15, -0.1) is 10.2 Å². The number of carbonyl (C=O) groups excluding carboxylic acids is 4. The fourth-order valence-corrected chi connectivity index (χ4v) is 2.86. The third-order valence-corrected chi connectivity index (χ3v) is 4.24. The highest BCUT2D eigenvalue weighted by Gasteiger charge is 2.19. The molecule has 29 heavy (non-hydrogen) atoms. The number of benzene rings is 1. The molecule has 0 radical (unpaired) electrons. The summed E-state index contributed by atoms with van der Waals surface area (Å²) in [5.74, 6) is -0.0755. The Morgan fingerprint density at radius 1 is 1.31 bits per heavy atom. The van der Waals surface area contributed by atoms with Gasteiger partial charge in [0.15, 0.2) is 5.78 Å². The molecular formula is C18H16BrN5O5. The van der Waals surface area contributed by atoms with E-state index in [9.17, 15) is 9.59 Å². The number of carbonyl (C=O) groups is 2. The van der Waals surface area contributed by atoms with Gasteiger partial charge in [-0.2, -0.15) is 14.4 Å². The van der Waals surface area contributed by atoms with Gasteiger partial charge in [0.05, 0.1) is 12.2 Å². The topological polar surface area (TPSA) is 137 Å². The second-order valence-electron chi connectivity index (χ2n) is 5.67. The van der Waals surface area contributed by atoms with Crippen LogP contribution >= 0.6 is 15.9 Å². The van der Waals surface area contributed by atoms with Crippen LogP contribution in [0.2, 0.25) is 0 Å². The normalized spacial score (nSPS) is 9.90. The van der Waals surface area contributed by atoms with Gasteiger partial charge in [0.2, 0.25) is 5.82 Å². The molecule has 2 heterocycles. The zero-order valence-electron chi connectivity index (χ0n) is 15.5. The summed E-state index contributed by atoms with van der Waals surface area (Å²) in [4.78, 5) is 44.1. The number of ether oxygens (including phenoxy) is 1. The molecule has 0 saturated carbocycles. The van der Waals surface area contributed by atoms with Crippen molar-refractivity contribution < 1.29 is 23.9 Å². The van der Waals surface area contributed by atoms with Gasteiger partial charge in [-0.3, -0.25) is 9.59 Å². The van der Waals surface area contributed by atoms with Crippen molar-refractivity contribution in [3.8, 4) is 11.5 Å². The van der Waals surface area contributed by atoms with Crippen molar-refractivity contribution in [1.82, 2.24) is 25.2 Å². The summed E-state index contributed by atoms with van der Waals surface area (Å²) in [6.07, 6.45) is 1.90. The molecule has 150 valence electrons. The maximum atomic E-state index is 12.7. The number of hydrogen-bond acceptors (Lipinski definition) is 8. The number of H-pyrrole nitrogens is 1. The van der Waals surface area contributed by atoms with Crippen LogP contribution in [-0.2, 0) is 25.7 Å². The smallest absolute Gasteiger partial charge is 0.373 e. The molecule has 0 aliphatic heterocycles. The van der Waals surface area contributed by atoms with Gasteiger partial charge >= 0.3 is 12.1 Å². The predicted octanol–water partition coefficient (Wildman–Crippen LogP) is 1.95. The van der Waals surface area contributed by atoms with Crippen LogP contribution in [0.5, 0.6) is 0 Å². The van der Waals surface area contributed by atoms with Crippen LogP contribution in [0.25, 0.3) is 11.5 Å². The van der Waals surface area contributed by atoms with E-state index in [1.165, 1.54) is 11.7 Å². The molecule has 0 atom stereocenters. The summed E-state index contributed by atoms with van der Waals surface area (Å²) in [5.41, 5.74) is 2.51. The molecule has 3 rings (SSSR count). The number of aromatic amines is 1. The number of hydrogen-bond donors (Lipinski definition) is 1. The number of aromatic nitrogens is 5. The van der Waals surface area contributed by atoms with E-state index >= 15 is 0 Å². The fourth-order valence-electron chi connectivity index (χ4n) is 2.46. The van der Waals surface area contributed by atoms with Crippen molar-refractivity contribution >= 4 is 33.8 Å². The molecule has 0 aliphatic carbocycles. The molecule has 3 aromatic rings. The Kier molecular flexibility index (Phi) is 7.70. The van der Waals surface area contributed by atoms with E-state index in [-0.39, 0.29) is 24.5 Å². The Bertz CT molecular complexity index is 1050. The Morgan fingerprint density at radius 2 is 2.03 bits per heavy atom. The van der Waals surface area contributed by atoms with Crippen molar-refractivity contribution in [2.45, 2.75) is 20.4 Å². The summed E-state index contributed by atoms with van der Waals surface area (Å²) >= 11 is 3.37. The number of nitrogens with one attached hydrogen (secondary N) is 1. The molecule has 0 spiro atoms. The summed E-state index contributed by atoms with van der Waals surface area (Å²) < 4.78 is 5.70. The van der Waals surface area contributed by atoms with Crippen molar-refractivity contribution in [3.63, 3.8) is 0 Å². The van der Waals surface area contributed by atoms with E-state index in [0.717, 1.165) is 10.0 Å². The first kappa shape index (κ1) is 21.9. The largest absolute Gasteiger partial charge is 0.464 e. The van der Waals surface area contributed by atoms with Crippen LogP contribution < -0.4 is 0 Å². The van der Waals surface area contributed by atoms with Gasteiger partial charge in [0.25, 0.3) is 0 Å². The van der Waals surface area contributed by atoms with Crippen LogP contribution in [0.15, 0.2) is 34.9 Å². The standard InChI is InChI=1S/C17H16BrN5O3.CO2/c1-10-14(16(25)12-4-3-5-13(18)8-12)9-19-15(10)17-20-22-23(21-17)6-7-26-11(2)24;2-1-3/h3-5,8-9,19H,6-7H2,1-2H3;. The molecule has 0 fully saturated rings. The minimum Gasteiger partial charge on any atom is -0.464 e. The van der Waals surface area contributed by atoms with Crippen LogP contribution in [0.1, 0.15) is 28.4 Å². The maximum absolute atomic E-state index is 12.7. The summed E-state index contributed by atoms with van der Waals surface area (Å²) in [5, 5.41) is 12.2. The number of rotatable bonds is 6. The van der Waals surface area contributed by atoms with Crippen molar-refractivity contribution in [2.24, 2.45) is 0 Å². The third-order valence-electron chi connectivity index (χ3n) is 3.74. The molecule has 1 aromatic carbocycles. The molecule has 0 saturated heterocycles. The Labute approximate surface area is 173 Å². The van der Waals surface area contributed by atoms with Crippen LogP contribution in [0, 0.1) is 6.92 Å². The lowest BCUT2D eigenvalue weighted by molar-refractivity contribution is -0.191. The maximum Gasteiger partial charge on any atom is 0.373 e. The summed E-state index contributed by atoms with van der Waals surface area (Å²) in [6.45, 7) is 3.64. The number of tetrazole rings is 1. The molecule has 11 heteroatoms. The summed E-state index contributed by atoms with van der Waals surface area (Å²) in [7, 11) is 0. The van der Waals surface area contributed by atoms with Gasteiger partial charge in [-0.1, -0.05) is 28.1 Å². The van der Waals surface area contributed by atoms with Gasteiger partial charge in [-0.25, -0.2) is 0 Å². The molecule has 0 unspecified atom stereocenters. The van der Waals surface area contributed by atoms with Gasteiger partial charge in [-0.05, 0) is 29.8 Å². The molecule has 2 aromatic heterocycles. The molecule has 0 aliphatic rings. The lowest BCUT2D eigenvalue weighted by atomic mass is 10.0. The fraction of sp³-hybridized carbons (Fsp3) is 0.222. The first-order chi connectivity index (χ1) is 13.9. The third kappa shape index (κ3) is 5.77. The monoisotopic (exact) mass is 461 g/mol. The summed E-state index contributed by atoms with van der Waals surface area (Å²) in [6, 6.07) is 7.22. The highest BCUT2D eigenvalue weighted by molar-refractivity contribution is 9.10. The second kappa shape index (κ2) is 10.2. The van der Waals surface area contributed by atoms with Gasteiger partial charge in [0.1, 0.15) is 6.61 Å². The molecule has 0 amide bonds. The van der Waals surface area contributed by atoms with Crippen molar-refractivity contribution in [2.75, 3.05) is 6.61 Å². The number of ketones is 1. The average Bonchev–Trinajstić information content (AvgIpc) is 3.28.